The first-order valence-electron chi connectivity index (χ1n) is 4.26. The summed E-state index contributed by atoms with van der Waals surface area (Å²) in [6.07, 6.45) is 1.57. The summed E-state index contributed by atoms with van der Waals surface area (Å²) in [7, 11) is 0. The molecule has 1 aliphatic heterocycles. The summed E-state index contributed by atoms with van der Waals surface area (Å²) in [4.78, 5) is 11.5. The van der Waals surface area contributed by atoms with Crippen molar-refractivity contribution in [3.63, 3.8) is 0 Å². The number of hydrogen-bond donors (Lipinski definition) is 0. The first-order chi connectivity index (χ1) is 5.75. The van der Waals surface area contributed by atoms with E-state index in [9.17, 15) is 4.79 Å². The van der Waals surface area contributed by atoms with E-state index in [2.05, 4.69) is 0 Å². The van der Waals surface area contributed by atoms with Crippen LogP contribution in [0.4, 0.5) is 0 Å². The van der Waals surface area contributed by atoms with Crippen molar-refractivity contribution >= 4 is 5.78 Å². The molecule has 1 saturated heterocycles. The number of ether oxygens (including phenoxy) is 1. The molecule has 0 amide bonds. The second-order valence-electron chi connectivity index (χ2n) is 3.14. The van der Waals surface area contributed by atoms with Crippen molar-refractivity contribution in [2.75, 3.05) is 13.2 Å². The Labute approximate surface area is 72.3 Å². The van der Waals surface area contributed by atoms with Crippen LogP contribution in [0.2, 0.25) is 0 Å². The molecule has 1 fully saturated rings. The van der Waals surface area contributed by atoms with Gasteiger partial charge in [-0.2, -0.15) is 5.26 Å². The molecule has 0 saturated carbocycles. The summed E-state index contributed by atoms with van der Waals surface area (Å²) in [5.74, 6) is -0.303. The Morgan fingerprint density at radius 1 is 1.58 bits per heavy atom. The molecule has 1 aliphatic rings. The van der Waals surface area contributed by atoms with E-state index in [1.165, 1.54) is 0 Å². The summed E-state index contributed by atoms with van der Waals surface area (Å²) in [5.41, 5.74) is 0. The van der Waals surface area contributed by atoms with Gasteiger partial charge in [-0.15, -0.1) is 0 Å². The van der Waals surface area contributed by atoms with Crippen molar-refractivity contribution in [3.8, 4) is 6.07 Å². The summed E-state index contributed by atoms with van der Waals surface area (Å²) in [5, 5.41) is 8.53. The van der Waals surface area contributed by atoms with Crippen LogP contribution in [-0.4, -0.2) is 19.0 Å². The van der Waals surface area contributed by atoms with E-state index in [-0.39, 0.29) is 11.7 Å². The average Bonchev–Trinajstić information content (AvgIpc) is 2.17. The number of nitriles is 1. The standard InChI is InChI=1S/C9H13NO2/c1-7(6-10)9(11)8-2-4-12-5-3-8/h7-8H,2-5H2,1H3. The average molecular weight is 167 g/mol. The molecular weight excluding hydrogens is 154 g/mol. The van der Waals surface area contributed by atoms with Gasteiger partial charge in [0, 0.05) is 19.1 Å². The Morgan fingerprint density at radius 2 is 2.17 bits per heavy atom. The number of ketones is 1. The summed E-state index contributed by atoms with van der Waals surface area (Å²) < 4.78 is 5.13. The van der Waals surface area contributed by atoms with Crippen LogP contribution in [0.25, 0.3) is 0 Å². The number of carbonyl (C=O) groups excluding carboxylic acids is 1. The predicted octanol–water partition coefficient (Wildman–Crippen LogP) is 1.14. The topological polar surface area (TPSA) is 50.1 Å². The van der Waals surface area contributed by atoms with E-state index in [0.717, 1.165) is 12.8 Å². The lowest BCUT2D eigenvalue weighted by Gasteiger charge is -2.21. The molecule has 3 heteroatoms. The number of carbonyl (C=O) groups is 1. The van der Waals surface area contributed by atoms with E-state index in [0.29, 0.717) is 13.2 Å². The van der Waals surface area contributed by atoms with E-state index < -0.39 is 5.92 Å². The van der Waals surface area contributed by atoms with Crippen LogP contribution in [0.15, 0.2) is 0 Å². The third kappa shape index (κ3) is 2.05. The maximum atomic E-state index is 11.5. The second kappa shape index (κ2) is 4.22. The normalized spacial score (nSPS) is 21.3. The lowest BCUT2D eigenvalue weighted by molar-refractivity contribution is -0.127. The van der Waals surface area contributed by atoms with Crippen molar-refractivity contribution in [1.29, 1.82) is 5.26 Å². The predicted molar refractivity (Wildman–Crippen MR) is 43.3 cm³/mol. The fourth-order valence-electron chi connectivity index (χ4n) is 1.40. The Hall–Kier alpha value is -0.880. The van der Waals surface area contributed by atoms with E-state index in [1.807, 2.05) is 6.07 Å². The Kier molecular flexibility index (Phi) is 3.24. The van der Waals surface area contributed by atoms with Gasteiger partial charge in [0.05, 0.1) is 6.07 Å². The quantitative estimate of drug-likeness (QED) is 0.619. The molecule has 0 spiro atoms. The molecule has 66 valence electrons. The molecule has 0 aliphatic carbocycles. The highest BCUT2D eigenvalue weighted by Gasteiger charge is 2.25. The summed E-state index contributed by atoms with van der Waals surface area (Å²) >= 11 is 0. The lowest BCUT2D eigenvalue weighted by Crippen LogP contribution is -2.27. The van der Waals surface area contributed by atoms with Gasteiger partial charge in [-0.1, -0.05) is 0 Å². The van der Waals surface area contributed by atoms with Crippen LogP contribution in [0.1, 0.15) is 19.8 Å². The molecule has 0 aromatic heterocycles. The van der Waals surface area contributed by atoms with E-state index in [4.69, 9.17) is 10.00 Å². The minimum Gasteiger partial charge on any atom is -0.381 e. The fourth-order valence-corrected chi connectivity index (χ4v) is 1.40. The molecule has 0 radical (unpaired) electrons. The highest BCUT2D eigenvalue weighted by atomic mass is 16.5. The molecule has 0 aromatic rings. The molecule has 3 nitrogen and oxygen atoms in total. The van der Waals surface area contributed by atoms with E-state index in [1.54, 1.807) is 6.92 Å². The van der Waals surface area contributed by atoms with Gasteiger partial charge in [0.25, 0.3) is 0 Å². The number of rotatable bonds is 2. The first-order valence-corrected chi connectivity index (χ1v) is 4.26. The van der Waals surface area contributed by atoms with Gasteiger partial charge in [0.15, 0.2) is 5.78 Å². The molecule has 1 unspecified atom stereocenters. The summed E-state index contributed by atoms with van der Waals surface area (Å²) in [6, 6.07) is 1.97. The molecule has 1 atom stereocenters. The first kappa shape index (κ1) is 9.21. The van der Waals surface area contributed by atoms with Gasteiger partial charge in [-0.25, -0.2) is 0 Å². The minimum absolute atomic E-state index is 0.0633. The molecule has 1 heterocycles. The van der Waals surface area contributed by atoms with Crippen LogP contribution < -0.4 is 0 Å². The third-order valence-electron chi connectivity index (χ3n) is 2.24. The summed E-state index contributed by atoms with van der Waals surface area (Å²) in [6.45, 7) is 2.99. The Balaban J connectivity index is 2.46. The largest absolute Gasteiger partial charge is 0.381 e. The van der Waals surface area contributed by atoms with Crippen molar-refractivity contribution in [2.24, 2.45) is 11.8 Å². The minimum atomic E-state index is -0.451. The van der Waals surface area contributed by atoms with Gasteiger partial charge >= 0.3 is 0 Å². The molecule has 0 bridgehead atoms. The third-order valence-corrected chi connectivity index (χ3v) is 2.24. The zero-order chi connectivity index (χ0) is 8.97. The highest BCUT2D eigenvalue weighted by molar-refractivity contribution is 5.85. The maximum absolute atomic E-state index is 11.5. The molecule has 0 aromatic carbocycles. The van der Waals surface area contributed by atoms with Crippen molar-refractivity contribution in [2.45, 2.75) is 19.8 Å². The van der Waals surface area contributed by atoms with Gasteiger partial charge in [-0.05, 0) is 19.8 Å². The van der Waals surface area contributed by atoms with Gasteiger partial charge in [-0.3, -0.25) is 4.79 Å². The van der Waals surface area contributed by atoms with Crippen molar-refractivity contribution in [1.82, 2.24) is 0 Å². The smallest absolute Gasteiger partial charge is 0.152 e. The fraction of sp³-hybridized carbons (Fsp3) is 0.778. The van der Waals surface area contributed by atoms with Crippen LogP contribution >= 0.6 is 0 Å². The number of nitrogens with zero attached hydrogens (tertiary/aromatic N) is 1. The number of hydrogen-bond acceptors (Lipinski definition) is 3. The lowest BCUT2D eigenvalue weighted by atomic mass is 9.89. The molecule has 1 rings (SSSR count). The zero-order valence-corrected chi connectivity index (χ0v) is 7.25. The maximum Gasteiger partial charge on any atom is 0.152 e. The Bertz CT molecular complexity index is 201. The number of Topliss-reactive ketones (excluding diaryl/α,β-unsaturated/α-hetero) is 1. The van der Waals surface area contributed by atoms with Gasteiger partial charge in [0.2, 0.25) is 0 Å². The molecular formula is C9H13NO2. The molecule has 0 N–H and O–H groups in total. The molecule has 12 heavy (non-hydrogen) atoms. The van der Waals surface area contributed by atoms with Crippen LogP contribution in [0.5, 0.6) is 0 Å². The van der Waals surface area contributed by atoms with Crippen LogP contribution in [0, 0.1) is 23.2 Å². The highest BCUT2D eigenvalue weighted by Crippen LogP contribution is 2.18. The van der Waals surface area contributed by atoms with Gasteiger partial charge in [0.1, 0.15) is 5.92 Å². The SMILES string of the molecule is CC(C#N)C(=O)C1CCOCC1. The Morgan fingerprint density at radius 3 is 2.67 bits per heavy atom. The van der Waals surface area contributed by atoms with Gasteiger partial charge < -0.3 is 4.74 Å². The van der Waals surface area contributed by atoms with E-state index >= 15 is 0 Å². The second-order valence-corrected chi connectivity index (χ2v) is 3.14. The van der Waals surface area contributed by atoms with Crippen LogP contribution in [-0.2, 0) is 9.53 Å². The monoisotopic (exact) mass is 167 g/mol. The van der Waals surface area contributed by atoms with Crippen molar-refractivity contribution < 1.29 is 9.53 Å². The van der Waals surface area contributed by atoms with Crippen molar-refractivity contribution in [3.05, 3.63) is 0 Å². The van der Waals surface area contributed by atoms with Crippen LogP contribution in [0.3, 0.4) is 0 Å². The zero-order valence-electron chi connectivity index (χ0n) is 7.25.